The van der Waals surface area contributed by atoms with Gasteiger partial charge in [-0.1, -0.05) is 91.9 Å². The lowest BCUT2D eigenvalue weighted by atomic mass is 9.60. The van der Waals surface area contributed by atoms with Crippen LogP contribution < -0.4 is 15.1 Å². The Balaban J connectivity index is 1.36. The number of hydrogen-bond acceptors (Lipinski definition) is 5. The number of hydrogen-bond donors (Lipinski definition) is 1. The molecule has 1 saturated carbocycles. The van der Waals surface area contributed by atoms with Crippen LogP contribution >= 0.6 is 0 Å². The maximum atomic E-state index is 11.9. The van der Waals surface area contributed by atoms with Crippen LogP contribution in [0.2, 0.25) is 0 Å². The second-order valence-corrected chi connectivity index (χ2v) is 16.9. The third-order valence-corrected chi connectivity index (χ3v) is 13.2. The summed E-state index contributed by atoms with van der Waals surface area (Å²) in [4.78, 5) is 0. The molecule has 5 nitrogen and oxygen atoms in total. The molecular weight excluding hydrogens is 577 g/mol. The molecule has 5 rings (SSSR count). The molecule has 0 saturated heterocycles. The van der Waals surface area contributed by atoms with Crippen molar-refractivity contribution < 1.29 is 23.4 Å². The third kappa shape index (κ3) is 7.53. The lowest BCUT2D eigenvalue weighted by Crippen LogP contribution is -2.68. The van der Waals surface area contributed by atoms with Crippen molar-refractivity contribution in [2.45, 2.75) is 84.7 Å². The Hall–Kier alpha value is -3.00. The molecule has 45 heavy (non-hydrogen) atoms. The fourth-order valence-electron chi connectivity index (χ4n) is 7.11. The van der Waals surface area contributed by atoms with Gasteiger partial charge in [-0.05, 0) is 104 Å². The zero-order chi connectivity index (χ0) is 32.2. The Kier molecular flexibility index (Phi) is 10.2. The van der Waals surface area contributed by atoms with E-state index in [1.807, 2.05) is 60.7 Å². The van der Waals surface area contributed by atoms with E-state index in [-0.39, 0.29) is 11.5 Å². The largest absolute Gasteiger partial charge is 0.497 e. The average molecular weight is 627 g/mol. The van der Waals surface area contributed by atoms with Crippen LogP contribution in [-0.4, -0.2) is 45.2 Å². The predicted octanol–water partition coefficient (Wildman–Crippen LogP) is 7.11. The summed E-state index contributed by atoms with van der Waals surface area (Å²) in [5.41, 5.74) is 4.10. The highest BCUT2D eigenvalue weighted by Crippen LogP contribution is 2.53. The van der Waals surface area contributed by atoms with Gasteiger partial charge in [0.1, 0.15) is 11.9 Å². The Labute approximate surface area is 271 Å². The van der Waals surface area contributed by atoms with Gasteiger partial charge in [0.25, 0.3) is 0 Å². The lowest BCUT2D eigenvalue weighted by molar-refractivity contribution is -0.0225. The molecule has 4 atom stereocenters. The van der Waals surface area contributed by atoms with E-state index in [4.69, 9.17) is 18.3 Å². The Morgan fingerprint density at radius 3 is 2.11 bits per heavy atom. The van der Waals surface area contributed by atoms with E-state index in [2.05, 4.69) is 65.5 Å². The van der Waals surface area contributed by atoms with Crippen LogP contribution in [0.3, 0.4) is 0 Å². The van der Waals surface area contributed by atoms with Gasteiger partial charge in [0.05, 0.1) is 32.0 Å². The predicted molar refractivity (Wildman–Crippen MR) is 184 cm³/mol. The van der Waals surface area contributed by atoms with Crippen LogP contribution in [0.15, 0.2) is 108 Å². The first-order chi connectivity index (χ1) is 21.4. The number of fused-ring (bicyclic) bond motifs is 1. The summed E-state index contributed by atoms with van der Waals surface area (Å²) in [6, 6.07) is 28.7. The summed E-state index contributed by atoms with van der Waals surface area (Å²) in [7, 11) is -1.56. The van der Waals surface area contributed by atoms with Crippen molar-refractivity contribution in [1.82, 2.24) is 0 Å². The second kappa shape index (κ2) is 13.8. The van der Waals surface area contributed by atoms with Crippen molar-refractivity contribution in [2.24, 2.45) is 11.3 Å². The number of ether oxygens (including phenoxy) is 2. The first-order valence-electron chi connectivity index (χ1n) is 16.2. The summed E-state index contributed by atoms with van der Waals surface area (Å²) in [6.07, 6.45) is 2.60. The monoisotopic (exact) mass is 626 g/mol. The summed E-state index contributed by atoms with van der Waals surface area (Å²) < 4.78 is 25.7. The van der Waals surface area contributed by atoms with Gasteiger partial charge in [-0.2, -0.15) is 0 Å². The molecule has 1 fully saturated rings. The normalized spacial score (nSPS) is 23.8. The zero-order valence-electron chi connectivity index (χ0n) is 27.8. The van der Waals surface area contributed by atoms with Gasteiger partial charge in [-0.3, -0.25) is 0 Å². The molecular formula is C39H50O5Si. The van der Waals surface area contributed by atoms with Gasteiger partial charge in [0, 0.05) is 0 Å². The quantitative estimate of drug-likeness (QED) is 0.182. The van der Waals surface area contributed by atoms with Crippen molar-refractivity contribution in [1.29, 1.82) is 0 Å². The maximum Gasteiger partial charge on any atom is 0.407 e. The minimum Gasteiger partial charge on any atom is -0.497 e. The van der Waals surface area contributed by atoms with Crippen LogP contribution in [0.25, 0.3) is 0 Å². The number of rotatable bonds is 11. The van der Waals surface area contributed by atoms with Crippen LogP contribution in [0, 0.1) is 11.3 Å². The molecule has 0 radical (unpaired) electrons. The van der Waals surface area contributed by atoms with E-state index >= 15 is 0 Å². The Morgan fingerprint density at radius 1 is 0.956 bits per heavy atom. The van der Waals surface area contributed by atoms with Crippen molar-refractivity contribution >= 4 is 18.9 Å². The fourth-order valence-corrected chi connectivity index (χ4v) is 10.8. The molecule has 0 aromatic heterocycles. The zero-order valence-corrected chi connectivity index (χ0v) is 28.8. The van der Waals surface area contributed by atoms with Crippen molar-refractivity contribution in [3.8, 4) is 5.75 Å². The van der Waals surface area contributed by atoms with Crippen molar-refractivity contribution in [3.05, 3.63) is 114 Å². The first kappa shape index (κ1) is 33.4. The first-order valence-corrected chi connectivity index (χ1v) is 18.0. The molecule has 0 spiro atoms. The number of allylic oxidation sites excluding steroid dienone is 1. The highest BCUT2D eigenvalue weighted by molar-refractivity contribution is 6.92. The van der Waals surface area contributed by atoms with E-state index in [0.717, 1.165) is 58.5 Å². The molecule has 0 aliphatic heterocycles. The summed E-state index contributed by atoms with van der Waals surface area (Å²) in [5, 5.41) is 14.0. The van der Waals surface area contributed by atoms with Crippen molar-refractivity contribution in [3.63, 3.8) is 0 Å². The van der Waals surface area contributed by atoms with E-state index < -0.39 is 20.3 Å². The Bertz CT molecular complexity index is 1420. The molecule has 0 heterocycles. The van der Waals surface area contributed by atoms with Crippen LogP contribution in [0.1, 0.15) is 65.9 Å². The molecule has 0 bridgehead atoms. The number of aliphatic hydroxyl groups is 1. The van der Waals surface area contributed by atoms with Crippen molar-refractivity contribution in [2.75, 3.05) is 13.7 Å². The molecule has 3 aromatic carbocycles. The highest BCUT2D eigenvalue weighted by atomic mass is 28.4. The van der Waals surface area contributed by atoms with E-state index in [1.165, 1.54) is 5.57 Å². The minimum atomic E-state index is -3.23. The smallest absolute Gasteiger partial charge is 0.407 e. The molecule has 1 N–H and O–H groups in total. The molecule has 3 aromatic rings. The molecule has 1 unspecified atom stereocenters. The molecule has 2 aliphatic rings. The maximum absolute atomic E-state index is 11.9. The summed E-state index contributed by atoms with van der Waals surface area (Å²) >= 11 is 0. The number of aliphatic hydroxyl groups excluding tert-OH is 1. The summed E-state index contributed by atoms with van der Waals surface area (Å²) in [6.45, 7) is 16.2. The van der Waals surface area contributed by atoms with Crippen LogP contribution in [0.5, 0.6) is 5.75 Å². The standard InChI is InChI=1S/C39H50O5Si/c1-28(26-42-27-30-18-20-32(41-7)21-19-30)31-22-23-39(6)25-36(37(40)29(2)35(39)24-31)43-45(44-38(3,4)5,33-14-10-8-11-15-33)34-16-12-9-13-17-34/h8-21,31,36-37,40H,1,22-27H2,2-7H3/t31-,36+,37?,39-/m1/s1. The van der Waals surface area contributed by atoms with Gasteiger partial charge in [0.2, 0.25) is 0 Å². The van der Waals surface area contributed by atoms with Gasteiger partial charge in [-0.25, -0.2) is 0 Å². The fraction of sp³-hybridized carbons (Fsp3) is 0.436. The van der Waals surface area contributed by atoms with Gasteiger partial charge in [-0.15, -0.1) is 0 Å². The second-order valence-electron chi connectivity index (χ2n) is 14.0. The summed E-state index contributed by atoms with van der Waals surface area (Å²) in [5.74, 6) is 1.17. The Morgan fingerprint density at radius 2 is 1.56 bits per heavy atom. The van der Waals surface area contributed by atoms with Crippen LogP contribution in [-0.2, 0) is 20.2 Å². The molecule has 240 valence electrons. The molecule has 0 amide bonds. The van der Waals surface area contributed by atoms with E-state index in [0.29, 0.717) is 19.1 Å². The topological polar surface area (TPSA) is 57.2 Å². The SMILES string of the molecule is C=C(COCc1ccc(OC)cc1)[C@@H]1CC[C@]2(C)C[C@H](O[Si](OC(C)(C)C)(c3ccccc3)c3ccccc3)C(O)C(C)=C2C1. The minimum absolute atomic E-state index is 0.0655. The van der Waals surface area contributed by atoms with Gasteiger partial charge < -0.3 is 23.4 Å². The van der Waals surface area contributed by atoms with Gasteiger partial charge in [0.15, 0.2) is 0 Å². The lowest BCUT2D eigenvalue weighted by Gasteiger charge is -2.50. The number of benzene rings is 3. The third-order valence-electron chi connectivity index (χ3n) is 9.51. The van der Waals surface area contributed by atoms with E-state index in [9.17, 15) is 5.11 Å². The van der Waals surface area contributed by atoms with Gasteiger partial charge >= 0.3 is 8.56 Å². The van der Waals surface area contributed by atoms with E-state index in [1.54, 1.807) is 7.11 Å². The molecule has 6 heteroatoms. The van der Waals surface area contributed by atoms with Crippen LogP contribution in [0.4, 0.5) is 0 Å². The highest BCUT2D eigenvalue weighted by Gasteiger charge is 2.52. The molecule has 2 aliphatic carbocycles. The average Bonchev–Trinajstić information content (AvgIpc) is 3.03. The number of methoxy groups -OCH3 is 1.